The van der Waals surface area contributed by atoms with Crippen molar-refractivity contribution in [1.82, 2.24) is 4.90 Å². The molecular weight excluding hydrogens is 251 g/mol. The number of benzene rings is 1. The topological polar surface area (TPSA) is 6.48 Å². The Bertz CT molecular complexity index is 426. The monoisotopic (exact) mass is 268 g/mol. The van der Waals surface area contributed by atoms with Gasteiger partial charge in [0.05, 0.1) is 5.88 Å². The molecule has 98 valence electrons. The molecule has 0 bridgehead atoms. The third-order valence-corrected chi connectivity index (χ3v) is 4.21. The number of hydrogen-bond donors (Lipinski definition) is 0. The molecule has 0 amide bonds. The fourth-order valence-corrected chi connectivity index (χ4v) is 3.01. The minimum absolute atomic E-state index is 0.188. The lowest BCUT2D eigenvalue weighted by molar-refractivity contribution is 0.248. The molecule has 1 saturated carbocycles. The zero-order valence-electron chi connectivity index (χ0n) is 10.4. The van der Waals surface area contributed by atoms with Crippen LogP contribution in [0, 0.1) is 5.82 Å². The highest BCUT2D eigenvalue weighted by molar-refractivity contribution is 6.17. The van der Waals surface area contributed by atoms with E-state index in [9.17, 15) is 4.39 Å². The van der Waals surface area contributed by atoms with Gasteiger partial charge in [0.25, 0.3) is 0 Å². The first kappa shape index (κ1) is 12.2. The molecule has 0 radical (unpaired) electrons. The molecule has 4 heteroatoms. The predicted octanol–water partition coefficient (Wildman–Crippen LogP) is 2.85. The number of rotatable bonds is 3. The largest absolute Gasteiger partial charge is 0.369 e. The van der Waals surface area contributed by atoms with E-state index in [1.807, 2.05) is 6.07 Å². The summed E-state index contributed by atoms with van der Waals surface area (Å²) in [6.07, 6.45) is 2.71. The van der Waals surface area contributed by atoms with Crippen molar-refractivity contribution in [2.45, 2.75) is 24.8 Å². The van der Waals surface area contributed by atoms with Gasteiger partial charge in [-0.2, -0.15) is 0 Å². The second kappa shape index (κ2) is 5.06. The summed E-state index contributed by atoms with van der Waals surface area (Å²) < 4.78 is 13.7. The molecule has 2 nitrogen and oxygen atoms in total. The third kappa shape index (κ3) is 2.34. The summed E-state index contributed by atoms with van der Waals surface area (Å²) in [5.74, 6) is 0.0531. The van der Waals surface area contributed by atoms with Crippen LogP contribution in [0.5, 0.6) is 0 Å². The van der Waals surface area contributed by atoms with Gasteiger partial charge in [0, 0.05) is 43.5 Å². The van der Waals surface area contributed by atoms with Gasteiger partial charge in [-0.3, -0.25) is 4.90 Å². The van der Waals surface area contributed by atoms with E-state index in [4.69, 9.17) is 11.6 Å². The Morgan fingerprint density at radius 3 is 2.50 bits per heavy atom. The number of hydrogen-bond acceptors (Lipinski definition) is 2. The Kier molecular flexibility index (Phi) is 3.44. The summed E-state index contributed by atoms with van der Waals surface area (Å²) in [6, 6.07) is 6.07. The van der Waals surface area contributed by atoms with Crippen LogP contribution in [0.15, 0.2) is 18.2 Å². The molecule has 0 aromatic heterocycles. The Balaban J connectivity index is 1.73. The molecule has 1 aliphatic heterocycles. The maximum Gasteiger partial charge on any atom is 0.129 e. The first-order chi connectivity index (χ1) is 8.79. The van der Waals surface area contributed by atoms with E-state index in [1.54, 1.807) is 6.07 Å². The second-order valence-electron chi connectivity index (χ2n) is 5.13. The van der Waals surface area contributed by atoms with Crippen LogP contribution in [0.4, 0.5) is 10.1 Å². The molecule has 1 heterocycles. The second-order valence-corrected chi connectivity index (χ2v) is 5.39. The molecule has 1 saturated heterocycles. The quantitative estimate of drug-likeness (QED) is 0.778. The number of anilines is 1. The van der Waals surface area contributed by atoms with Crippen LogP contribution in [-0.2, 0) is 5.88 Å². The van der Waals surface area contributed by atoms with Gasteiger partial charge in [-0.25, -0.2) is 4.39 Å². The highest BCUT2D eigenvalue weighted by atomic mass is 35.5. The van der Waals surface area contributed by atoms with Crippen molar-refractivity contribution in [3.05, 3.63) is 29.6 Å². The van der Waals surface area contributed by atoms with E-state index in [2.05, 4.69) is 9.80 Å². The molecule has 2 aliphatic rings. The molecule has 0 spiro atoms. The van der Waals surface area contributed by atoms with Crippen LogP contribution in [0.2, 0.25) is 0 Å². The first-order valence-electron chi connectivity index (χ1n) is 6.62. The van der Waals surface area contributed by atoms with Crippen molar-refractivity contribution in [3.63, 3.8) is 0 Å². The molecule has 2 fully saturated rings. The maximum absolute atomic E-state index is 13.7. The normalized spacial score (nSPS) is 21.3. The Hall–Kier alpha value is -0.800. The van der Waals surface area contributed by atoms with Gasteiger partial charge >= 0.3 is 0 Å². The summed E-state index contributed by atoms with van der Waals surface area (Å²) >= 11 is 5.87. The Labute approximate surface area is 112 Å². The van der Waals surface area contributed by atoms with Crippen LogP contribution < -0.4 is 4.90 Å². The standard InChI is InChI=1S/C14H18ClFN2/c15-10-12-13(16)2-1-3-14(12)18-8-6-17(7-9-18)11-4-5-11/h1-3,11H,4-10H2. The zero-order chi connectivity index (χ0) is 12.5. The minimum atomic E-state index is -0.188. The number of nitrogens with zero attached hydrogens (tertiary/aromatic N) is 2. The molecular formula is C14H18ClFN2. The molecule has 0 N–H and O–H groups in total. The Morgan fingerprint density at radius 2 is 1.89 bits per heavy atom. The average molecular weight is 269 g/mol. The van der Waals surface area contributed by atoms with E-state index < -0.39 is 0 Å². The smallest absolute Gasteiger partial charge is 0.129 e. The van der Waals surface area contributed by atoms with E-state index >= 15 is 0 Å². The molecule has 18 heavy (non-hydrogen) atoms. The summed E-state index contributed by atoms with van der Waals surface area (Å²) in [5.41, 5.74) is 1.61. The van der Waals surface area contributed by atoms with Gasteiger partial charge < -0.3 is 4.90 Å². The van der Waals surface area contributed by atoms with Gasteiger partial charge in [-0.1, -0.05) is 6.07 Å². The lowest BCUT2D eigenvalue weighted by Gasteiger charge is -2.37. The fraction of sp³-hybridized carbons (Fsp3) is 0.571. The Morgan fingerprint density at radius 1 is 1.17 bits per heavy atom. The number of halogens is 2. The molecule has 3 rings (SSSR count). The SMILES string of the molecule is Fc1cccc(N2CCN(C3CC3)CC2)c1CCl. The van der Waals surface area contributed by atoms with Crippen molar-refractivity contribution in [2.24, 2.45) is 0 Å². The summed E-state index contributed by atoms with van der Waals surface area (Å²) in [7, 11) is 0. The van der Waals surface area contributed by atoms with E-state index in [0.29, 0.717) is 5.56 Å². The molecule has 1 aliphatic carbocycles. The molecule has 1 aromatic rings. The van der Waals surface area contributed by atoms with E-state index in [0.717, 1.165) is 37.9 Å². The predicted molar refractivity (Wildman–Crippen MR) is 72.8 cm³/mol. The van der Waals surface area contributed by atoms with Gasteiger partial charge in [-0.05, 0) is 25.0 Å². The molecule has 1 aromatic carbocycles. The van der Waals surface area contributed by atoms with Gasteiger partial charge in [0.1, 0.15) is 5.82 Å². The van der Waals surface area contributed by atoms with E-state index in [-0.39, 0.29) is 11.7 Å². The van der Waals surface area contributed by atoms with Gasteiger partial charge in [0.2, 0.25) is 0 Å². The molecule has 0 atom stereocenters. The van der Waals surface area contributed by atoms with Crippen LogP contribution in [-0.4, -0.2) is 37.1 Å². The fourth-order valence-electron chi connectivity index (χ4n) is 2.74. The average Bonchev–Trinajstić information content (AvgIpc) is 3.23. The van der Waals surface area contributed by atoms with Gasteiger partial charge in [-0.15, -0.1) is 11.6 Å². The maximum atomic E-state index is 13.7. The van der Waals surface area contributed by atoms with Crippen molar-refractivity contribution in [2.75, 3.05) is 31.1 Å². The summed E-state index contributed by atoms with van der Waals surface area (Å²) in [6.45, 7) is 4.12. The van der Waals surface area contributed by atoms with Crippen molar-refractivity contribution in [1.29, 1.82) is 0 Å². The van der Waals surface area contributed by atoms with Crippen molar-refractivity contribution >= 4 is 17.3 Å². The van der Waals surface area contributed by atoms with Crippen LogP contribution in [0.1, 0.15) is 18.4 Å². The van der Waals surface area contributed by atoms with Gasteiger partial charge in [0.15, 0.2) is 0 Å². The highest BCUT2D eigenvalue weighted by Gasteiger charge is 2.31. The summed E-state index contributed by atoms with van der Waals surface area (Å²) in [4.78, 5) is 4.82. The van der Waals surface area contributed by atoms with Crippen LogP contribution in [0.3, 0.4) is 0 Å². The van der Waals surface area contributed by atoms with E-state index in [1.165, 1.54) is 18.9 Å². The minimum Gasteiger partial charge on any atom is -0.369 e. The number of piperazine rings is 1. The summed E-state index contributed by atoms with van der Waals surface area (Å²) in [5, 5.41) is 0. The third-order valence-electron chi connectivity index (χ3n) is 3.95. The highest BCUT2D eigenvalue weighted by Crippen LogP contribution is 2.30. The number of alkyl halides is 1. The van der Waals surface area contributed by atoms with Crippen LogP contribution in [0.25, 0.3) is 0 Å². The first-order valence-corrected chi connectivity index (χ1v) is 7.15. The van der Waals surface area contributed by atoms with Crippen molar-refractivity contribution < 1.29 is 4.39 Å². The zero-order valence-corrected chi connectivity index (χ0v) is 11.2. The van der Waals surface area contributed by atoms with Crippen molar-refractivity contribution in [3.8, 4) is 0 Å². The lowest BCUT2D eigenvalue weighted by Crippen LogP contribution is -2.47. The lowest BCUT2D eigenvalue weighted by atomic mass is 10.1. The van der Waals surface area contributed by atoms with Crippen LogP contribution >= 0.6 is 11.6 Å². The molecule has 0 unspecified atom stereocenters.